The third-order valence-electron chi connectivity index (χ3n) is 1.74. The van der Waals surface area contributed by atoms with Gasteiger partial charge in [0, 0.05) is 0 Å². The standard InChI is InChI=1S/C8H17FO2/c1-7(2)3-4-8(9,5-10)6-11/h7,10-11H,3-6H2,1-2H3. The predicted octanol–water partition coefficient (Wildman–Crippen LogP) is 1.12. The van der Waals surface area contributed by atoms with Crippen molar-refractivity contribution in [2.45, 2.75) is 32.4 Å². The topological polar surface area (TPSA) is 40.5 Å². The molecule has 0 rings (SSSR count). The van der Waals surface area contributed by atoms with E-state index in [1.165, 1.54) is 0 Å². The van der Waals surface area contributed by atoms with Crippen LogP contribution in [0.25, 0.3) is 0 Å². The average Bonchev–Trinajstić information content (AvgIpc) is 2.00. The Hall–Kier alpha value is -0.150. The van der Waals surface area contributed by atoms with Gasteiger partial charge in [-0.1, -0.05) is 13.8 Å². The Balaban J connectivity index is 3.69. The van der Waals surface area contributed by atoms with E-state index in [0.29, 0.717) is 12.3 Å². The molecule has 0 atom stereocenters. The zero-order chi connectivity index (χ0) is 8.91. The zero-order valence-corrected chi connectivity index (χ0v) is 7.18. The first-order chi connectivity index (χ1) is 5.04. The molecule has 0 aliphatic rings. The Labute approximate surface area is 67.0 Å². The molecule has 0 aromatic carbocycles. The fourth-order valence-electron chi connectivity index (χ4n) is 0.755. The summed E-state index contributed by atoms with van der Waals surface area (Å²) in [5.74, 6) is 0.406. The van der Waals surface area contributed by atoms with Crippen molar-refractivity contribution in [3.63, 3.8) is 0 Å². The van der Waals surface area contributed by atoms with Gasteiger partial charge in [0.2, 0.25) is 0 Å². The first-order valence-corrected chi connectivity index (χ1v) is 3.95. The molecule has 11 heavy (non-hydrogen) atoms. The van der Waals surface area contributed by atoms with Gasteiger partial charge in [-0.15, -0.1) is 0 Å². The van der Waals surface area contributed by atoms with Gasteiger partial charge in [0.15, 0.2) is 5.67 Å². The van der Waals surface area contributed by atoms with Crippen LogP contribution in [0.1, 0.15) is 26.7 Å². The van der Waals surface area contributed by atoms with Crippen LogP contribution < -0.4 is 0 Å². The molecule has 0 aliphatic heterocycles. The monoisotopic (exact) mass is 164 g/mol. The highest BCUT2D eigenvalue weighted by Gasteiger charge is 2.27. The number of halogens is 1. The second kappa shape index (κ2) is 4.67. The molecule has 2 N–H and O–H groups in total. The molecular weight excluding hydrogens is 147 g/mol. The summed E-state index contributed by atoms with van der Waals surface area (Å²) < 4.78 is 13.1. The summed E-state index contributed by atoms with van der Waals surface area (Å²) in [5.41, 5.74) is -1.77. The molecule has 0 aliphatic carbocycles. The molecule has 0 amide bonds. The smallest absolute Gasteiger partial charge is 0.156 e. The van der Waals surface area contributed by atoms with Crippen LogP contribution in [0.4, 0.5) is 4.39 Å². The van der Waals surface area contributed by atoms with Crippen molar-refractivity contribution >= 4 is 0 Å². The molecule has 3 heteroatoms. The molecule has 0 saturated heterocycles. The van der Waals surface area contributed by atoms with Crippen molar-refractivity contribution in [2.75, 3.05) is 13.2 Å². The average molecular weight is 164 g/mol. The van der Waals surface area contributed by atoms with Crippen LogP contribution in [0.2, 0.25) is 0 Å². The van der Waals surface area contributed by atoms with E-state index in [9.17, 15) is 4.39 Å². The summed E-state index contributed by atoms with van der Waals surface area (Å²) in [5, 5.41) is 17.1. The Bertz CT molecular complexity index is 100. The van der Waals surface area contributed by atoms with E-state index in [2.05, 4.69) is 0 Å². The highest BCUT2D eigenvalue weighted by molar-refractivity contribution is 4.77. The lowest BCUT2D eigenvalue weighted by Gasteiger charge is -2.20. The van der Waals surface area contributed by atoms with E-state index in [-0.39, 0.29) is 6.42 Å². The second-order valence-electron chi connectivity index (χ2n) is 3.40. The third kappa shape index (κ3) is 4.32. The fourth-order valence-corrected chi connectivity index (χ4v) is 0.755. The van der Waals surface area contributed by atoms with Crippen molar-refractivity contribution in [3.05, 3.63) is 0 Å². The van der Waals surface area contributed by atoms with E-state index in [1.54, 1.807) is 0 Å². The minimum absolute atomic E-state index is 0.234. The molecule has 2 nitrogen and oxygen atoms in total. The van der Waals surface area contributed by atoms with Gasteiger partial charge >= 0.3 is 0 Å². The van der Waals surface area contributed by atoms with Crippen molar-refractivity contribution in [2.24, 2.45) is 5.92 Å². The molecule has 0 unspecified atom stereocenters. The zero-order valence-electron chi connectivity index (χ0n) is 7.18. The van der Waals surface area contributed by atoms with Crippen molar-refractivity contribution < 1.29 is 14.6 Å². The highest BCUT2D eigenvalue weighted by Crippen LogP contribution is 2.19. The fraction of sp³-hybridized carbons (Fsp3) is 1.00. The van der Waals surface area contributed by atoms with Gasteiger partial charge in [0.25, 0.3) is 0 Å². The summed E-state index contributed by atoms with van der Waals surface area (Å²) in [7, 11) is 0. The van der Waals surface area contributed by atoms with Crippen molar-refractivity contribution in [3.8, 4) is 0 Å². The normalized spacial score (nSPS) is 12.5. The van der Waals surface area contributed by atoms with Gasteiger partial charge in [0.1, 0.15) is 0 Å². The van der Waals surface area contributed by atoms with Gasteiger partial charge in [0.05, 0.1) is 13.2 Å². The van der Waals surface area contributed by atoms with Crippen molar-refractivity contribution in [1.82, 2.24) is 0 Å². The largest absolute Gasteiger partial charge is 0.393 e. The minimum atomic E-state index is -1.77. The van der Waals surface area contributed by atoms with E-state index >= 15 is 0 Å². The first-order valence-electron chi connectivity index (χ1n) is 3.95. The second-order valence-corrected chi connectivity index (χ2v) is 3.40. The van der Waals surface area contributed by atoms with Gasteiger partial charge < -0.3 is 10.2 Å². The highest BCUT2D eigenvalue weighted by atomic mass is 19.1. The number of rotatable bonds is 5. The van der Waals surface area contributed by atoms with Gasteiger partial charge in [-0.05, 0) is 18.8 Å². The summed E-state index contributed by atoms with van der Waals surface area (Å²) in [4.78, 5) is 0. The van der Waals surface area contributed by atoms with Gasteiger partial charge in [-0.3, -0.25) is 0 Å². The molecule has 0 radical (unpaired) electrons. The van der Waals surface area contributed by atoms with E-state index in [0.717, 1.165) is 0 Å². The number of aliphatic hydroxyl groups excluding tert-OH is 2. The van der Waals surface area contributed by atoms with Crippen LogP contribution in [-0.2, 0) is 0 Å². The Kier molecular flexibility index (Phi) is 4.61. The Morgan fingerprint density at radius 2 is 1.73 bits per heavy atom. The maximum absolute atomic E-state index is 13.1. The van der Waals surface area contributed by atoms with Gasteiger partial charge in [-0.25, -0.2) is 4.39 Å². The molecule has 0 fully saturated rings. The van der Waals surface area contributed by atoms with Crippen LogP contribution in [0.15, 0.2) is 0 Å². The van der Waals surface area contributed by atoms with Crippen LogP contribution >= 0.6 is 0 Å². The lowest BCUT2D eigenvalue weighted by Crippen LogP contribution is -2.32. The van der Waals surface area contributed by atoms with E-state index in [1.807, 2.05) is 13.8 Å². The summed E-state index contributed by atoms with van der Waals surface area (Å²) in [6, 6.07) is 0. The maximum atomic E-state index is 13.1. The molecule has 0 aromatic rings. The SMILES string of the molecule is CC(C)CCC(F)(CO)CO. The van der Waals surface area contributed by atoms with Crippen LogP contribution in [0.3, 0.4) is 0 Å². The summed E-state index contributed by atoms with van der Waals surface area (Å²) in [6.45, 7) is 2.79. The number of hydrogen-bond donors (Lipinski definition) is 2. The first kappa shape index (κ1) is 10.8. The quantitative estimate of drug-likeness (QED) is 0.639. The number of alkyl halides is 1. The molecule has 0 aromatic heterocycles. The summed E-state index contributed by atoms with van der Waals surface area (Å²) >= 11 is 0. The number of aliphatic hydroxyl groups is 2. The van der Waals surface area contributed by atoms with Crippen LogP contribution in [0.5, 0.6) is 0 Å². The third-order valence-corrected chi connectivity index (χ3v) is 1.74. The minimum Gasteiger partial charge on any atom is -0.393 e. The maximum Gasteiger partial charge on any atom is 0.156 e. The number of hydrogen-bond acceptors (Lipinski definition) is 2. The lowest BCUT2D eigenvalue weighted by molar-refractivity contribution is 0.00607. The van der Waals surface area contributed by atoms with E-state index in [4.69, 9.17) is 10.2 Å². The molecule has 0 bridgehead atoms. The summed E-state index contributed by atoms with van der Waals surface area (Å²) in [6.07, 6.45) is 0.926. The van der Waals surface area contributed by atoms with E-state index < -0.39 is 18.9 Å². The molecule has 68 valence electrons. The molecule has 0 spiro atoms. The van der Waals surface area contributed by atoms with Gasteiger partial charge in [-0.2, -0.15) is 0 Å². The lowest BCUT2D eigenvalue weighted by atomic mass is 9.97. The molecular formula is C8H17FO2. The molecule has 0 saturated carbocycles. The van der Waals surface area contributed by atoms with Crippen LogP contribution in [-0.4, -0.2) is 29.1 Å². The van der Waals surface area contributed by atoms with Crippen LogP contribution in [0, 0.1) is 5.92 Å². The predicted molar refractivity (Wildman–Crippen MR) is 42.1 cm³/mol. The molecule has 0 heterocycles. The Morgan fingerprint density at radius 3 is 2.00 bits per heavy atom. The van der Waals surface area contributed by atoms with Crippen molar-refractivity contribution in [1.29, 1.82) is 0 Å². The Morgan fingerprint density at radius 1 is 1.27 bits per heavy atom.